The fraction of sp³-hybridized carbons (Fsp3) is 0.928. The van der Waals surface area contributed by atoms with Crippen LogP contribution >= 0.6 is 7.82 Å². The van der Waals surface area contributed by atoms with Crippen LogP contribution in [0.4, 0.5) is 0 Å². The monoisotopic (exact) mass is 1370 g/mol. The maximum absolute atomic E-state index is 14.3. The van der Waals surface area contributed by atoms with Crippen molar-refractivity contribution in [3.63, 3.8) is 0 Å². The molecule has 2 aliphatic heterocycles. The number of phosphoric ester groups is 1. The molecule has 0 bridgehead atoms. The molecule has 0 amide bonds. The summed E-state index contributed by atoms with van der Waals surface area (Å²) in [5.41, 5.74) is 0. The third-order valence-electron chi connectivity index (χ3n) is 18.0. The zero-order valence-corrected chi connectivity index (χ0v) is 58.2. The molecule has 1 saturated carbocycles. The number of rotatable bonds is 56. The van der Waals surface area contributed by atoms with E-state index in [-0.39, 0.29) is 19.3 Å². The van der Waals surface area contributed by atoms with E-state index in [1.165, 1.54) is 122 Å². The molecule has 3 rings (SSSR count). The lowest BCUT2D eigenvalue weighted by molar-refractivity contribution is -0.360. The maximum atomic E-state index is 14.3. The zero-order chi connectivity index (χ0) is 68.9. The Morgan fingerprint density at radius 1 is 0.404 bits per heavy atom. The average molecular weight is 1370 g/mol. The molecule has 11 N–H and O–H groups in total. The second kappa shape index (κ2) is 51.8. The van der Waals surface area contributed by atoms with Crippen molar-refractivity contribution >= 4 is 25.7 Å². The normalized spacial score (nSPS) is 28.3. The first-order chi connectivity index (χ1) is 45.3. The standard InChI is InChI=1S/C69H127O24P/c1-4-7-10-13-16-19-22-25-27-30-31-34-37-40-43-53(71)85-47-50(88-55(73)45-42-39-36-33-28-24-21-18-15-12-9-6-3)48-87-94(83,84)93-67-65(91-68-63(81)58(76)56(74)51(46-70)89-68)61(79)60(78)62(80)66(67)92-69-64(82)59(77)57(75)52(90-69)49-86-54(72)44-41-38-35-32-29-26-23-20-17-14-11-8-5-2/h27,30,50-52,56-70,74-82H,4-26,28-29,31-49H2,1-3H3,(H,83,84)/b30-27-. The molecule has 25 heteroatoms. The Hall–Kier alpha value is -2.30. The predicted molar refractivity (Wildman–Crippen MR) is 352 cm³/mol. The number of aliphatic hydroxyl groups is 10. The highest BCUT2D eigenvalue weighted by molar-refractivity contribution is 7.47. The van der Waals surface area contributed by atoms with E-state index in [1.54, 1.807) is 0 Å². The number of aliphatic hydroxyl groups excluding tert-OH is 10. The van der Waals surface area contributed by atoms with E-state index >= 15 is 0 Å². The van der Waals surface area contributed by atoms with Gasteiger partial charge in [0, 0.05) is 19.3 Å². The Morgan fingerprint density at radius 2 is 0.745 bits per heavy atom. The van der Waals surface area contributed by atoms with Crippen molar-refractivity contribution in [3.05, 3.63) is 12.2 Å². The van der Waals surface area contributed by atoms with Gasteiger partial charge in [-0.05, 0) is 44.9 Å². The summed E-state index contributed by atoms with van der Waals surface area (Å²) in [5.74, 6) is -2.00. The highest BCUT2D eigenvalue weighted by Gasteiger charge is 2.58. The Balaban J connectivity index is 1.75. The number of ether oxygens (including phenoxy) is 7. The molecule has 0 aromatic carbocycles. The van der Waals surface area contributed by atoms with Gasteiger partial charge in [0.25, 0.3) is 0 Å². The lowest BCUT2D eigenvalue weighted by Crippen LogP contribution is -2.69. The Bertz CT molecular complexity index is 2010. The maximum Gasteiger partial charge on any atom is 0.472 e. The van der Waals surface area contributed by atoms with Gasteiger partial charge in [-0.1, -0.05) is 226 Å². The number of hydrogen-bond donors (Lipinski definition) is 11. The highest BCUT2D eigenvalue weighted by atomic mass is 31.2. The zero-order valence-electron chi connectivity index (χ0n) is 57.3. The summed E-state index contributed by atoms with van der Waals surface area (Å²) >= 11 is 0. The van der Waals surface area contributed by atoms with Gasteiger partial charge in [-0.2, -0.15) is 0 Å². The topological polar surface area (TPSA) is 374 Å². The molecular formula is C69H127O24P. The molecule has 0 aromatic rings. The van der Waals surface area contributed by atoms with Crippen LogP contribution in [0, 0.1) is 0 Å². The molecule has 18 unspecified atom stereocenters. The summed E-state index contributed by atoms with van der Waals surface area (Å²) in [4.78, 5) is 50.8. The predicted octanol–water partition coefficient (Wildman–Crippen LogP) is 9.18. The first-order valence-corrected chi connectivity index (χ1v) is 38.0. The molecule has 18 atom stereocenters. The molecule has 2 heterocycles. The number of esters is 3. The fourth-order valence-corrected chi connectivity index (χ4v) is 13.0. The molecule has 0 radical (unpaired) electrons. The van der Waals surface area contributed by atoms with E-state index in [0.29, 0.717) is 19.3 Å². The van der Waals surface area contributed by atoms with Crippen LogP contribution in [0.25, 0.3) is 0 Å². The van der Waals surface area contributed by atoms with Crippen LogP contribution < -0.4 is 0 Å². The molecule has 0 spiro atoms. The van der Waals surface area contributed by atoms with E-state index in [9.17, 15) is 74.9 Å². The third kappa shape index (κ3) is 35.1. The van der Waals surface area contributed by atoms with E-state index in [0.717, 1.165) is 96.3 Å². The third-order valence-corrected chi connectivity index (χ3v) is 19.0. The fourth-order valence-electron chi connectivity index (χ4n) is 12.0. The smallest absolute Gasteiger partial charge is 0.463 e. The van der Waals surface area contributed by atoms with Crippen LogP contribution in [0.2, 0.25) is 0 Å². The SMILES string of the molecule is CCCCCCCCC/C=C\CCCCCC(=O)OCC(COP(=O)(O)OC1C(OC2OC(CO)C(O)C(O)C2O)C(O)C(O)C(O)C1OC1OC(COC(=O)CCCCCCCCCCCCCCC)C(O)C(O)C1O)OC(=O)CCCCCCCCCCCCCC. The van der Waals surface area contributed by atoms with Crippen LogP contribution in [0.1, 0.15) is 278 Å². The first-order valence-electron chi connectivity index (χ1n) is 36.5. The molecule has 2 saturated heterocycles. The summed E-state index contributed by atoms with van der Waals surface area (Å²) in [6.45, 7) is 3.41. The molecule has 3 fully saturated rings. The molecule has 1 aliphatic carbocycles. The molecule has 552 valence electrons. The van der Waals surface area contributed by atoms with Crippen molar-refractivity contribution in [1.82, 2.24) is 0 Å². The number of allylic oxidation sites excluding steroid dienone is 2. The highest BCUT2D eigenvalue weighted by Crippen LogP contribution is 2.49. The van der Waals surface area contributed by atoms with Crippen LogP contribution in [-0.2, 0) is 61.2 Å². The van der Waals surface area contributed by atoms with Gasteiger partial charge in [0.05, 0.1) is 13.2 Å². The van der Waals surface area contributed by atoms with Gasteiger partial charge in [0.2, 0.25) is 0 Å². The number of carbonyl (C=O) groups excluding carboxylic acids is 3. The minimum absolute atomic E-state index is 0.0277. The van der Waals surface area contributed by atoms with Gasteiger partial charge in [-0.3, -0.25) is 23.4 Å². The summed E-state index contributed by atoms with van der Waals surface area (Å²) in [6, 6.07) is 0. The molecule has 94 heavy (non-hydrogen) atoms. The van der Waals surface area contributed by atoms with E-state index < -0.39 is 156 Å². The quantitative estimate of drug-likeness (QED) is 0.00888. The van der Waals surface area contributed by atoms with E-state index in [2.05, 4.69) is 32.9 Å². The van der Waals surface area contributed by atoms with E-state index in [4.69, 9.17) is 42.2 Å². The van der Waals surface area contributed by atoms with Crippen molar-refractivity contribution in [2.75, 3.05) is 26.4 Å². The van der Waals surface area contributed by atoms with Crippen molar-refractivity contribution in [1.29, 1.82) is 0 Å². The van der Waals surface area contributed by atoms with Crippen molar-refractivity contribution in [2.24, 2.45) is 0 Å². The summed E-state index contributed by atoms with van der Waals surface area (Å²) in [6.07, 6.45) is 8.72. The van der Waals surface area contributed by atoms with Gasteiger partial charge in [-0.15, -0.1) is 0 Å². The lowest BCUT2D eigenvalue weighted by atomic mass is 9.84. The Morgan fingerprint density at radius 3 is 1.16 bits per heavy atom. The number of carbonyl (C=O) groups is 3. The Kier molecular flexibility index (Phi) is 47.3. The van der Waals surface area contributed by atoms with Crippen LogP contribution in [0.5, 0.6) is 0 Å². The second-order valence-corrected chi connectivity index (χ2v) is 27.7. The largest absolute Gasteiger partial charge is 0.472 e. The van der Waals surface area contributed by atoms with Gasteiger partial charge in [-0.25, -0.2) is 4.57 Å². The van der Waals surface area contributed by atoms with Crippen LogP contribution in [0.15, 0.2) is 12.2 Å². The van der Waals surface area contributed by atoms with Crippen LogP contribution in [-0.4, -0.2) is 204 Å². The molecule has 24 nitrogen and oxygen atoms in total. The van der Waals surface area contributed by atoms with Gasteiger partial charge >= 0.3 is 25.7 Å². The molecule has 0 aromatic heterocycles. The summed E-state index contributed by atoms with van der Waals surface area (Å²) in [7, 11) is -5.69. The average Bonchev–Trinajstić information content (AvgIpc) is 0.763. The van der Waals surface area contributed by atoms with Crippen LogP contribution in [0.3, 0.4) is 0 Å². The summed E-state index contributed by atoms with van der Waals surface area (Å²) < 4.78 is 64.9. The van der Waals surface area contributed by atoms with Crippen molar-refractivity contribution in [2.45, 2.75) is 382 Å². The lowest BCUT2D eigenvalue weighted by Gasteiger charge is -2.49. The second-order valence-electron chi connectivity index (χ2n) is 26.3. The minimum atomic E-state index is -5.69. The molecular weight excluding hydrogens is 1240 g/mol. The Labute approximate surface area is 561 Å². The van der Waals surface area contributed by atoms with Crippen molar-refractivity contribution in [3.8, 4) is 0 Å². The van der Waals surface area contributed by atoms with Gasteiger partial charge in [0.15, 0.2) is 18.7 Å². The van der Waals surface area contributed by atoms with Crippen molar-refractivity contribution < 1.29 is 117 Å². The number of phosphoric acid groups is 1. The summed E-state index contributed by atoms with van der Waals surface area (Å²) in [5, 5.41) is 110. The number of unbranched alkanes of at least 4 members (excludes halogenated alkanes) is 33. The number of hydrogen-bond acceptors (Lipinski definition) is 23. The minimum Gasteiger partial charge on any atom is -0.463 e. The van der Waals surface area contributed by atoms with E-state index in [1.807, 2.05) is 0 Å². The van der Waals surface area contributed by atoms with Gasteiger partial charge < -0.3 is 89.1 Å². The van der Waals surface area contributed by atoms with Gasteiger partial charge in [0.1, 0.15) is 98.7 Å². The first kappa shape index (κ1) is 85.9. The molecule has 3 aliphatic rings.